The summed E-state index contributed by atoms with van der Waals surface area (Å²) in [6, 6.07) is 1.17. The SMILES string of the molecule is CCOC(=O)Cc1cc(Br)ncc1C(F)(F)F. The van der Waals surface area contributed by atoms with Crippen LogP contribution >= 0.6 is 15.9 Å². The van der Waals surface area contributed by atoms with Crippen LogP contribution in [0.5, 0.6) is 0 Å². The molecule has 0 radical (unpaired) electrons. The number of nitrogens with zero attached hydrogens (tertiary/aromatic N) is 1. The second-order valence-electron chi connectivity index (χ2n) is 3.14. The number of halogens is 4. The molecule has 0 unspecified atom stereocenters. The van der Waals surface area contributed by atoms with E-state index in [1.807, 2.05) is 0 Å². The summed E-state index contributed by atoms with van der Waals surface area (Å²) in [5.41, 5.74) is -1.08. The molecule has 1 rings (SSSR count). The van der Waals surface area contributed by atoms with Crippen molar-refractivity contribution >= 4 is 21.9 Å². The molecule has 0 saturated heterocycles. The molecule has 0 saturated carbocycles. The number of rotatable bonds is 3. The molecule has 0 N–H and O–H groups in total. The van der Waals surface area contributed by atoms with E-state index >= 15 is 0 Å². The van der Waals surface area contributed by atoms with Crippen molar-refractivity contribution in [3.05, 3.63) is 28.0 Å². The van der Waals surface area contributed by atoms with Crippen molar-refractivity contribution in [2.45, 2.75) is 19.5 Å². The number of carbonyl (C=O) groups excluding carboxylic acids is 1. The van der Waals surface area contributed by atoms with Gasteiger partial charge < -0.3 is 4.74 Å². The van der Waals surface area contributed by atoms with Crippen molar-refractivity contribution < 1.29 is 22.7 Å². The molecule has 94 valence electrons. The van der Waals surface area contributed by atoms with E-state index < -0.39 is 24.1 Å². The van der Waals surface area contributed by atoms with Gasteiger partial charge in [0.2, 0.25) is 0 Å². The number of esters is 1. The fourth-order valence-corrected chi connectivity index (χ4v) is 1.62. The van der Waals surface area contributed by atoms with Gasteiger partial charge in [-0.2, -0.15) is 13.2 Å². The predicted octanol–water partition coefficient (Wildman–Crippen LogP) is 2.97. The Morgan fingerprint density at radius 1 is 1.53 bits per heavy atom. The van der Waals surface area contributed by atoms with Gasteiger partial charge in [0.05, 0.1) is 18.6 Å². The van der Waals surface area contributed by atoms with Crippen LogP contribution in [0.2, 0.25) is 0 Å². The third-order valence-electron chi connectivity index (χ3n) is 1.90. The highest BCUT2D eigenvalue weighted by molar-refractivity contribution is 9.10. The van der Waals surface area contributed by atoms with Gasteiger partial charge in [0.15, 0.2) is 0 Å². The number of hydrogen-bond acceptors (Lipinski definition) is 3. The second kappa shape index (κ2) is 5.48. The first-order valence-electron chi connectivity index (χ1n) is 4.71. The predicted molar refractivity (Wildman–Crippen MR) is 57.3 cm³/mol. The van der Waals surface area contributed by atoms with Crippen LogP contribution in [0.15, 0.2) is 16.9 Å². The van der Waals surface area contributed by atoms with Crippen molar-refractivity contribution in [3.8, 4) is 0 Å². The van der Waals surface area contributed by atoms with Gasteiger partial charge in [-0.3, -0.25) is 4.79 Å². The summed E-state index contributed by atoms with van der Waals surface area (Å²) in [7, 11) is 0. The second-order valence-corrected chi connectivity index (χ2v) is 3.96. The van der Waals surface area contributed by atoms with E-state index in [-0.39, 0.29) is 16.8 Å². The van der Waals surface area contributed by atoms with Crippen LogP contribution in [0, 0.1) is 0 Å². The molecule has 0 atom stereocenters. The molecule has 0 aliphatic carbocycles. The van der Waals surface area contributed by atoms with Crippen molar-refractivity contribution in [1.82, 2.24) is 4.98 Å². The number of pyridine rings is 1. The lowest BCUT2D eigenvalue weighted by Crippen LogP contribution is -2.14. The molecule has 0 aromatic carbocycles. The number of ether oxygens (including phenoxy) is 1. The minimum Gasteiger partial charge on any atom is -0.466 e. The molecule has 7 heteroatoms. The summed E-state index contributed by atoms with van der Waals surface area (Å²) in [5, 5.41) is 0. The summed E-state index contributed by atoms with van der Waals surface area (Å²) >= 11 is 2.96. The van der Waals surface area contributed by atoms with E-state index in [2.05, 4.69) is 25.7 Å². The monoisotopic (exact) mass is 311 g/mol. The van der Waals surface area contributed by atoms with E-state index in [0.29, 0.717) is 6.20 Å². The maximum absolute atomic E-state index is 12.6. The quantitative estimate of drug-likeness (QED) is 0.636. The van der Waals surface area contributed by atoms with E-state index in [1.165, 1.54) is 6.07 Å². The molecule has 17 heavy (non-hydrogen) atoms. The summed E-state index contributed by atoms with van der Waals surface area (Å²) in [4.78, 5) is 14.7. The van der Waals surface area contributed by atoms with Gasteiger partial charge in [-0.1, -0.05) is 0 Å². The van der Waals surface area contributed by atoms with Crippen LogP contribution in [-0.4, -0.2) is 17.6 Å². The van der Waals surface area contributed by atoms with Gasteiger partial charge in [0.1, 0.15) is 4.60 Å². The summed E-state index contributed by atoms with van der Waals surface area (Å²) in [6.07, 6.45) is -4.27. The summed E-state index contributed by atoms with van der Waals surface area (Å²) in [6.45, 7) is 1.72. The summed E-state index contributed by atoms with van der Waals surface area (Å²) in [5.74, 6) is -0.698. The highest BCUT2D eigenvalue weighted by atomic mass is 79.9. The lowest BCUT2D eigenvalue weighted by atomic mass is 10.1. The average Bonchev–Trinajstić information content (AvgIpc) is 2.15. The Morgan fingerprint density at radius 2 is 2.18 bits per heavy atom. The number of alkyl halides is 3. The Labute approximate surface area is 104 Å². The first-order valence-corrected chi connectivity index (χ1v) is 5.51. The van der Waals surface area contributed by atoms with Crippen molar-refractivity contribution in [1.29, 1.82) is 0 Å². The topological polar surface area (TPSA) is 39.2 Å². The molecule has 0 bridgehead atoms. The first-order chi connectivity index (χ1) is 7.84. The fourth-order valence-electron chi connectivity index (χ4n) is 1.24. The van der Waals surface area contributed by atoms with Crippen LogP contribution in [0.3, 0.4) is 0 Å². The normalized spacial score (nSPS) is 11.4. The van der Waals surface area contributed by atoms with Gasteiger partial charge >= 0.3 is 12.1 Å². The fraction of sp³-hybridized carbons (Fsp3) is 0.400. The Hall–Kier alpha value is -1.11. The molecule has 1 heterocycles. The van der Waals surface area contributed by atoms with Gasteiger partial charge in [0, 0.05) is 6.20 Å². The maximum Gasteiger partial charge on any atom is 0.418 e. The molecule has 0 aliphatic rings. The van der Waals surface area contributed by atoms with Crippen molar-refractivity contribution in [2.24, 2.45) is 0 Å². The maximum atomic E-state index is 12.6. The molecule has 1 aromatic rings. The zero-order valence-corrected chi connectivity index (χ0v) is 10.4. The van der Waals surface area contributed by atoms with Crippen LogP contribution in [-0.2, 0) is 22.1 Å². The van der Waals surface area contributed by atoms with Gasteiger partial charge in [-0.05, 0) is 34.5 Å². The highest BCUT2D eigenvalue weighted by Gasteiger charge is 2.34. The van der Waals surface area contributed by atoms with Crippen LogP contribution < -0.4 is 0 Å². The molecular formula is C10H9BrF3NO2. The van der Waals surface area contributed by atoms with E-state index in [0.717, 1.165) is 0 Å². The van der Waals surface area contributed by atoms with Crippen LogP contribution in [0.1, 0.15) is 18.1 Å². The molecule has 0 aliphatic heterocycles. The van der Waals surface area contributed by atoms with Gasteiger partial charge in [-0.25, -0.2) is 4.98 Å². The molecule has 0 fully saturated rings. The number of hydrogen-bond donors (Lipinski definition) is 0. The number of carbonyl (C=O) groups is 1. The molecule has 0 amide bonds. The standard InChI is InChI=1S/C10H9BrF3NO2/c1-2-17-9(16)4-6-3-8(11)15-5-7(6)10(12,13)14/h3,5H,2,4H2,1H3. The Morgan fingerprint density at radius 3 is 2.71 bits per heavy atom. The third kappa shape index (κ3) is 3.99. The van der Waals surface area contributed by atoms with Crippen LogP contribution in [0.4, 0.5) is 13.2 Å². The third-order valence-corrected chi connectivity index (χ3v) is 2.34. The van der Waals surface area contributed by atoms with Gasteiger partial charge in [-0.15, -0.1) is 0 Å². The molecule has 1 aromatic heterocycles. The first kappa shape index (κ1) is 14.0. The van der Waals surface area contributed by atoms with Crippen molar-refractivity contribution in [3.63, 3.8) is 0 Å². The molecule has 0 spiro atoms. The average molecular weight is 312 g/mol. The highest BCUT2D eigenvalue weighted by Crippen LogP contribution is 2.32. The van der Waals surface area contributed by atoms with Crippen LogP contribution in [0.25, 0.3) is 0 Å². The minimum atomic E-state index is -4.53. The lowest BCUT2D eigenvalue weighted by Gasteiger charge is -2.12. The summed E-state index contributed by atoms with van der Waals surface area (Å²) < 4.78 is 42.7. The van der Waals surface area contributed by atoms with E-state index in [1.54, 1.807) is 6.92 Å². The molecule has 3 nitrogen and oxygen atoms in total. The van der Waals surface area contributed by atoms with E-state index in [4.69, 9.17) is 0 Å². The zero-order valence-electron chi connectivity index (χ0n) is 8.84. The van der Waals surface area contributed by atoms with E-state index in [9.17, 15) is 18.0 Å². The Kier molecular flexibility index (Phi) is 4.50. The zero-order chi connectivity index (χ0) is 13.1. The Bertz CT molecular complexity index is 421. The minimum absolute atomic E-state index is 0.131. The van der Waals surface area contributed by atoms with Gasteiger partial charge in [0.25, 0.3) is 0 Å². The Balaban J connectivity index is 3.04. The number of aromatic nitrogens is 1. The van der Waals surface area contributed by atoms with Crippen molar-refractivity contribution in [2.75, 3.05) is 6.61 Å². The smallest absolute Gasteiger partial charge is 0.418 e. The molecular weight excluding hydrogens is 303 g/mol. The lowest BCUT2D eigenvalue weighted by molar-refractivity contribution is -0.143. The largest absolute Gasteiger partial charge is 0.466 e.